The van der Waals surface area contributed by atoms with Gasteiger partial charge in [-0.3, -0.25) is 4.90 Å². The van der Waals surface area contributed by atoms with Crippen LogP contribution in [0.2, 0.25) is 0 Å². The topological polar surface area (TPSA) is 63.9 Å². The Morgan fingerprint density at radius 1 is 0.655 bits per heavy atom. The molecule has 0 radical (unpaired) electrons. The van der Waals surface area contributed by atoms with E-state index >= 15 is 0 Å². The van der Waals surface area contributed by atoms with Crippen molar-refractivity contribution in [1.29, 1.82) is 0 Å². The predicted molar refractivity (Wildman–Crippen MR) is 115 cm³/mol. The van der Waals surface area contributed by atoms with Gasteiger partial charge in [-0.05, 0) is 23.1 Å². The molecule has 29 heavy (non-hydrogen) atoms. The van der Waals surface area contributed by atoms with Crippen LogP contribution in [0.4, 0.5) is 0 Å². The molecule has 3 aromatic rings. The van der Waals surface area contributed by atoms with E-state index in [1.54, 1.807) is 0 Å². The second kappa shape index (κ2) is 10.9. The number of aliphatic hydroxyl groups is 3. The highest BCUT2D eigenvalue weighted by Crippen LogP contribution is 2.26. The first-order chi connectivity index (χ1) is 14.2. The molecule has 0 unspecified atom stereocenters. The van der Waals surface area contributed by atoms with Gasteiger partial charge in [0.15, 0.2) is 0 Å². The van der Waals surface area contributed by atoms with Crippen molar-refractivity contribution >= 4 is 0 Å². The standard InChI is InChI=1S/C25H29NO3/c27-17-16-23(25(29)24(28)22-14-8-3-9-15-22)26(18-20-10-4-1-5-11-20)19-21-12-6-2-7-13-21/h1-15,23-25,27-29H,16-19H2/t23-,24+,25+/m0/s1. The minimum atomic E-state index is -1.03. The fourth-order valence-corrected chi connectivity index (χ4v) is 3.69. The van der Waals surface area contributed by atoms with Crippen molar-refractivity contribution < 1.29 is 15.3 Å². The van der Waals surface area contributed by atoms with Crippen LogP contribution in [0.3, 0.4) is 0 Å². The van der Waals surface area contributed by atoms with Crippen molar-refractivity contribution in [3.05, 3.63) is 108 Å². The Bertz CT molecular complexity index is 785. The lowest BCUT2D eigenvalue weighted by atomic mass is 9.94. The molecule has 0 aromatic heterocycles. The molecule has 4 nitrogen and oxygen atoms in total. The first kappa shape index (κ1) is 21.2. The Morgan fingerprint density at radius 3 is 1.55 bits per heavy atom. The third-order valence-electron chi connectivity index (χ3n) is 5.21. The highest BCUT2D eigenvalue weighted by Gasteiger charge is 2.32. The lowest BCUT2D eigenvalue weighted by Crippen LogP contribution is -2.46. The molecule has 3 atom stereocenters. The SMILES string of the molecule is OCC[C@@H]([C@@H](O)[C@H](O)c1ccccc1)N(Cc1ccccc1)Cc1ccccc1. The number of hydrogen-bond donors (Lipinski definition) is 3. The van der Waals surface area contributed by atoms with Crippen molar-refractivity contribution in [2.75, 3.05) is 6.61 Å². The number of rotatable bonds is 10. The average Bonchev–Trinajstić information content (AvgIpc) is 2.78. The summed E-state index contributed by atoms with van der Waals surface area (Å²) in [5.74, 6) is 0. The maximum absolute atomic E-state index is 11.1. The number of aliphatic hydroxyl groups excluding tert-OH is 3. The molecule has 0 aliphatic carbocycles. The average molecular weight is 392 g/mol. The molecular formula is C25H29NO3. The molecule has 0 aliphatic heterocycles. The van der Waals surface area contributed by atoms with E-state index in [1.165, 1.54) is 0 Å². The van der Waals surface area contributed by atoms with E-state index in [0.29, 0.717) is 25.1 Å². The van der Waals surface area contributed by atoms with Crippen molar-refractivity contribution in [1.82, 2.24) is 4.90 Å². The molecule has 4 heteroatoms. The zero-order chi connectivity index (χ0) is 20.5. The summed E-state index contributed by atoms with van der Waals surface area (Å²) in [7, 11) is 0. The zero-order valence-corrected chi connectivity index (χ0v) is 16.5. The van der Waals surface area contributed by atoms with Crippen molar-refractivity contribution in [3.8, 4) is 0 Å². The van der Waals surface area contributed by atoms with Gasteiger partial charge in [-0.15, -0.1) is 0 Å². The Labute approximate surface area is 172 Å². The van der Waals surface area contributed by atoms with Gasteiger partial charge in [-0.1, -0.05) is 91.0 Å². The predicted octanol–water partition coefficient (Wildman–Crippen LogP) is 3.53. The highest BCUT2D eigenvalue weighted by molar-refractivity contribution is 5.20. The largest absolute Gasteiger partial charge is 0.396 e. The molecule has 0 saturated carbocycles. The Hall–Kier alpha value is -2.50. The smallest absolute Gasteiger partial charge is 0.106 e. The lowest BCUT2D eigenvalue weighted by Gasteiger charge is -2.37. The maximum Gasteiger partial charge on any atom is 0.106 e. The van der Waals surface area contributed by atoms with Crippen molar-refractivity contribution in [2.24, 2.45) is 0 Å². The summed E-state index contributed by atoms with van der Waals surface area (Å²) in [6.07, 6.45) is -1.69. The van der Waals surface area contributed by atoms with Crippen molar-refractivity contribution in [3.63, 3.8) is 0 Å². The van der Waals surface area contributed by atoms with Gasteiger partial charge in [0.05, 0.1) is 6.10 Å². The van der Waals surface area contributed by atoms with E-state index in [0.717, 1.165) is 11.1 Å². The zero-order valence-electron chi connectivity index (χ0n) is 16.5. The van der Waals surface area contributed by atoms with Crippen LogP contribution < -0.4 is 0 Å². The normalized spacial score (nSPS) is 14.5. The van der Waals surface area contributed by atoms with Gasteiger partial charge in [0, 0.05) is 25.7 Å². The van der Waals surface area contributed by atoms with E-state index < -0.39 is 18.2 Å². The third kappa shape index (κ3) is 5.99. The summed E-state index contributed by atoms with van der Waals surface area (Å²) in [5, 5.41) is 31.6. The summed E-state index contributed by atoms with van der Waals surface area (Å²) >= 11 is 0. The monoisotopic (exact) mass is 391 g/mol. The van der Waals surface area contributed by atoms with Gasteiger partial charge < -0.3 is 15.3 Å². The number of nitrogens with zero attached hydrogens (tertiary/aromatic N) is 1. The van der Waals surface area contributed by atoms with Crippen LogP contribution in [-0.2, 0) is 13.1 Å². The van der Waals surface area contributed by atoms with E-state index in [2.05, 4.69) is 4.90 Å². The molecular weight excluding hydrogens is 362 g/mol. The fourth-order valence-electron chi connectivity index (χ4n) is 3.69. The van der Waals surface area contributed by atoms with Crippen LogP contribution in [-0.4, -0.2) is 39.0 Å². The highest BCUT2D eigenvalue weighted by atomic mass is 16.3. The van der Waals surface area contributed by atoms with Crippen LogP contribution in [0.15, 0.2) is 91.0 Å². The lowest BCUT2D eigenvalue weighted by molar-refractivity contribution is -0.0516. The van der Waals surface area contributed by atoms with Crippen molar-refractivity contribution in [2.45, 2.75) is 37.8 Å². The summed E-state index contributed by atoms with van der Waals surface area (Å²) in [6, 6.07) is 28.9. The van der Waals surface area contributed by atoms with Gasteiger partial charge in [0.25, 0.3) is 0 Å². The molecule has 0 amide bonds. The van der Waals surface area contributed by atoms with Crippen LogP contribution in [0, 0.1) is 0 Å². The van der Waals surface area contributed by atoms with E-state index in [1.807, 2.05) is 91.0 Å². The summed E-state index contributed by atoms with van der Waals surface area (Å²) in [6.45, 7) is 1.15. The molecule has 3 N–H and O–H groups in total. The minimum Gasteiger partial charge on any atom is -0.396 e. The first-order valence-corrected chi connectivity index (χ1v) is 10.0. The third-order valence-corrected chi connectivity index (χ3v) is 5.21. The summed E-state index contributed by atoms with van der Waals surface area (Å²) < 4.78 is 0. The van der Waals surface area contributed by atoms with E-state index in [4.69, 9.17) is 0 Å². The molecule has 0 spiro atoms. The maximum atomic E-state index is 11.1. The molecule has 152 valence electrons. The molecule has 0 aliphatic rings. The van der Waals surface area contributed by atoms with E-state index in [9.17, 15) is 15.3 Å². The number of benzene rings is 3. The Kier molecular flexibility index (Phi) is 7.96. The first-order valence-electron chi connectivity index (χ1n) is 10.0. The second-order valence-electron chi connectivity index (χ2n) is 7.30. The molecule has 0 bridgehead atoms. The van der Waals surface area contributed by atoms with Gasteiger partial charge in [-0.25, -0.2) is 0 Å². The van der Waals surface area contributed by atoms with Gasteiger partial charge in [0.2, 0.25) is 0 Å². The second-order valence-corrected chi connectivity index (χ2v) is 7.30. The quantitative estimate of drug-likeness (QED) is 0.495. The van der Waals surface area contributed by atoms with Crippen LogP contribution in [0.25, 0.3) is 0 Å². The number of hydrogen-bond acceptors (Lipinski definition) is 4. The Balaban J connectivity index is 1.87. The summed E-state index contributed by atoms with van der Waals surface area (Å²) in [4.78, 5) is 2.14. The van der Waals surface area contributed by atoms with Gasteiger partial charge in [-0.2, -0.15) is 0 Å². The fraction of sp³-hybridized carbons (Fsp3) is 0.280. The minimum absolute atomic E-state index is 0.0662. The molecule has 0 heterocycles. The summed E-state index contributed by atoms with van der Waals surface area (Å²) in [5.41, 5.74) is 2.91. The van der Waals surface area contributed by atoms with Crippen LogP contribution >= 0.6 is 0 Å². The Morgan fingerprint density at radius 2 is 1.10 bits per heavy atom. The molecule has 0 fully saturated rings. The van der Waals surface area contributed by atoms with Gasteiger partial charge >= 0.3 is 0 Å². The molecule has 3 aromatic carbocycles. The van der Waals surface area contributed by atoms with E-state index in [-0.39, 0.29) is 6.61 Å². The van der Waals surface area contributed by atoms with Gasteiger partial charge in [0.1, 0.15) is 6.10 Å². The molecule has 3 rings (SSSR count). The van der Waals surface area contributed by atoms with Crippen LogP contribution in [0.5, 0.6) is 0 Å². The molecule has 0 saturated heterocycles. The van der Waals surface area contributed by atoms with Crippen LogP contribution in [0.1, 0.15) is 29.2 Å².